The first-order valence-electron chi connectivity index (χ1n) is 6.30. The molecule has 0 aliphatic heterocycles. The quantitative estimate of drug-likeness (QED) is 0.675. The second-order valence-corrected chi connectivity index (χ2v) is 4.80. The maximum Gasteiger partial charge on any atom is 0.0530 e. The molecule has 1 aromatic carbocycles. The topological polar surface area (TPSA) is 58.3 Å². The van der Waals surface area contributed by atoms with E-state index in [0.717, 1.165) is 13.0 Å². The van der Waals surface area contributed by atoms with Crippen molar-refractivity contribution in [3.8, 4) is 0 Å². The lowest BCUT2D eigenvalue weighted by atomic mass is 10.0. The van der Waals surface area contributed by atoms with Gasteiger partial charge in [-0.15, -0.1) is 0 Å². The van der Waals surface area contributed by atoms with E-state index in [0.29, 0.717) is 12.5 Å². The summed E-state index contributed by atoms with van der Waals surface area (Å²) in [4.78, 5) is 0. The molecule has 0 saturated carbocycles. The van der Waals surface area contributed by atoms with Crippen LogP contribution >= 0.6 is 0 Å². The van der Waals surface area contributed by atoms with E-state index in [1.54, 1.807) is 0 Å². The molecule has 0 amide bonds. The Hall–Kier alpha value is -0.900. The normalized spacial score (nSPS) is 16.5. The molecule has 0 aliphatic carbocycles. The highest BCUT2D eigenvalue weighted by atomic mass is 16.3. The highest BCUT2D eigenvalue weighted by Gasteiger charge is 2.14. The molecule has 0 fully saturated rings. The number of nitrogens with two attached hydrogens (primary N) is 1. The summed E-state index contributed by atoms with van der Waals surface area (Å²) in [5, 5.41) is 13.0. The van der Waals surface area contributed by atoms with E-state index in [4.69, 9.17) is 5.73 Å². The number of hydrogen-bond acceptors (Lipinski definition) is 3. The molecule has 2 unspecified atom stereocenters. The Morgan fingerprint density at radius 3 is 2.41 bits per heavy atom. The van der Waals surface area contributed by atoms with Crippen LogP contribution in [-0.4, -0.2) is 24.3 Å². The first-order valence-corrected chi connectivity index (χ1v) is 6.30. The standard InChI is InChI=1S/C14H24N2O/c1-11(9-15)10-16-14(8-12(2)17)13-6-4-3-5-7-13/h3-7,11-12,14,16-17H,8-10,15H2,1-2H3/t11?,12-,14?/m1/s1. The van der Waals surface area contributed by atoms with E-state index in [9.17, 15) is 5.11 Å². The minimum absolute atomic E-state index is 0.199. The van der Waals surface area contributed by atoms with Gasteiger partial charge in [-0.2, -0.15) is 0 Å². The van der Waals surface area contributed by atoms with E-state index in [1.165, 1.54) is 5.56 Å². The van der Waals surface area contributed by atoms with E-state index in [-0.39, 0.29) is 12.1 Å². The molecule has 0 aliphatic rings. The third kappa shape index (κ3) is 5.31. The number of nitrogens with one attached hydrogen (secondary N) is 1. The van der Waals surface area contributed by atoms with Gasteiger partial charge in [0, 0.05) is 6.04 Å². The van der Waals surface area contributed by atoms with Gasteiger partial charge in [0.25, 0.3) is 0 Å². The van der Waals surface area contributed by atoms with Gasteiger partial charge in [-0.05, 0) is 37.9 Å². The summed E-state index contributed by atoms with van der Waals surface area (Å²) in [7, 11) is 0. The molecular formula is C14H24N2O. The summed E-state index contributed by atoms with van der Waals surface area (Å²) < 4.78 is 0. The van der Waals surface area contributed by atoms with Crippen LogP contribution in [-0.2, 0) is 0 Å². The molecule has 3 atom stereocenters. The van der Waals surface area contributed by atoms with Crippen LogP contribution in [0.3, 0.4) is 0 Å². The van der Waals surface area contributed by atoms with Crippen molar-refractivity contribution in [2.45, 2.75) is 32.4 Å². The van der Waals surface area contributed by atoms with Crippen LogP contribution in [0.2, 0.25) is 0 Å². The molecular weight excluding hydrogens is 212 g/mol. The summed E-state index contributed by atoms with van der Waals surface area (Å²) >= 11 is 0. The minimum Gasteiger partial charge on any atom is -0.393 e. The zero-order valence-electron chi connectivity index (χ0n) is 10.8. The van der Waals surface area contributed by atoms with E-state index >= 15 is 0 Å². The van der Waals surface area contributed by atoms with Gasteiger partial charge in [-0.1, -0.05) is 37.3 Å². The van der Waals surface area contributed by atoms with Gasteiger partial charge in [0.1, 0.15) is 0 Å². The lowest BCUT2D eigenvalue weighted by Crippen LogP contribution is -2.31. The Bertz CT molecular complexity index is 300. The zero-order valence-corrected chi connectivity index (χ0v) is 10.8. The van der Waals surface area contributed by atoms with E-state index in [2.05, 4.69) is 24.4 Å². The predicted molar refractivity (Wildman–Crippen MR) is 71.7 cm³/mol. The summed E-state index contributed by atoms with van der Waals surface area (Å²) in [6.07, 6.45) is 0.419. The van der Waals surface area contributed by atoms with Gasteiger partial charge in [0.05, 0.1) is 6.10 Å². The highest BCUT2D eigenvalue weighted by molar-refractivity contribution is 5.19. The fourth-order valence-electron chi connectivity index (χ4n) is 1.79. The van der Waals surface area contributed by atoms with Crippen LogP contribution < -0.4 is 11.1 Å². The molecule has 3 heteroatoms. The van der Waals surface area contributed by atoms with Crippen molar-refractivity contribution in [1.82, 2.24) is 5.32 Å². The second-order valence-electron chi connectivity index (χ2n) is 4.80. The van der Waals surface area contributed by atoms with Crippen LogP contribution in [0.15, 0.2) is 30.3 Å². The molecule has 1 aromatic rings. The number of hydrogen-bond donors (Lipinski definition) is 3. The Balaban J connectivity index is 2.61. The number of aliphatic hydroxyl groups is 1. The first kappa shape index (κ1) is 14.2. The largest absolute Gasteiger partial charge is 0.393 e. The molecule has 0 radical (unpaired) electrons. The van der Waals surface area contributed by atoms with Gasteiger partial charge >= 0.3 is 0 Å². The van der Waals surface area contributed by atoms with Crippen LogP contribution in [0.25, 0.3) is 0 Å². The second kappa shape index (κ2) is 7.43. The van der Waals surface area contributed by atoms with Crippen molar-refractivity contribution < 1.29 is 5.11 Å². The van der Waals surface area contributed by atoms with Gasteiger partial charge in [0.15, 0.2) is 0 Å². The monoisotopic (exact) mass is 236 g/mol. The fourth-order valence-corrected chi connectivity index (χ4v) is 1.79. The third-order valence-corrected chi connectivity index (χ3v) is 2.89. The summed E-state index contributed by atoms with van der Waals surface area (Å²) in [5.74, 6) is 0.454. The van der Waals surface area contributed by atoms with Crippen molar-refractivity contribution in [1.29, 1.82) is 0 Å². The lowest BCUT2D eigenvalue weighted by molar-refractivity contribution is 0.167. The molecule has 4 N–H and O–H groups in total. The average Bonchev–Trinajstić information content (AvgIpc) is 2.34. The number of benzene rings is 1. The molecule has 1 rings (SSSR count). The van der Waals surface area contributed by atoms with Crippen LogP contribution in [0.1, 0.15) is 31.9 Å². The zero-order chi connectivity index (χ0) is 12.7. The van der Waals surface area contributed by atoms with Gasteiger partial charge in [0.2, 0.25) is 0 Å². The summed E-state index contributed by atoms with van der Waals surface area (Å²) in [6, 6.07) is 10.4. The molecule has 0 aromatic heterocycles. The average molecular weight is 236 g/mol. The Morgan fingerprint density at radius 2 is 1.88 bits per heavy atom. The minimum atomic E-state index is -0.305. The molecule has 96 valence electrons. The predicted octanol–water partition coefficient (Wildman–Crippen LogP) is 1.68. The number of rotatable bonds is 7. The fraction of sp³-hybridized carbons (Fsp3) is 0.571. The molecule has 3 nitrogen and oxygen atoms in total. The Labute approximate surface area is 104 Å². The Morgan fingerprint density at radius 1 is 1.24 bits per heavy atom. The molecule has 0 spiro atoms. The van der Waals surface area contributed by atoms with Gasteiger partial charge in [-0.3, -0.25) is 0 Å². The van der Waals surface area contributed by atoms with Crippen molar-refractivity contribution in [2.24, 2.45) is 11.7 Å². The third-order valence-electron chi connectivity index (χ3n) is 2.89. The first-order chi connectivity index (χ1) is 8.13. The lowest BCUT2D eigenvalue weighted by Gasteiger charge is -2.22. The van der Waals surface area contributed by atoms with Crippen LogP contribution in [0, 0.1) is 5.92 Å². The Kier molecular flexibility index (Phi) is 6.19. The number of aliphatic hydroxyl groups excluding tert-OH is 1. The van der Waals surface area contributed by atoms with Crippen molar-refractivity contribution in [2.75, 3.05) is 13.1 Å². The van der Waals surface area contributed by atoms with Gasteiger partial charge in [-0.25, -0.2) is 0 Å². The molecule has 0 bridgehead atoms. The van der Waals surface area contributed by atoms with Crippen LogP contribution in [0.5, 0.6) is 0 Å². The van der Waals surface area contributed by atoms with Crippen LogP contribution in [0.4, 0.5) is 0 Å². The van der Waals surface area contributed by atoms with Crippen molar-refractivity contribution in [3.05, 3.63) is 35.9 Å². The van der Waals surface area contributed by atoms with E-state index in [1.807, 2.05) is 25.1 Å². The van der Waals surface area contributed by atoms with Crippen molar-refractivity contribution in [3.63, 3.8) is 0 Å². The van der Waals surface area contributed by atoms with Gasteiger partial charge < -0.3 is 16.2 Å². The SMILES string of the molecule is CC(CN)CNC(C[C@@H](C)O)c1ccccc1. The van der Waals surface area contributed by atoms with E-state index < -0.39 is 0 Å². The van der Waals surface area contributed by atoms with Crippen molar-refractivity contribution >= 4 is 0 Å². The maximum absolute atomic E-state index is 9.54. The summed E-state index contributed by atoms with van der Waals surface area (Å²) in [6.45, 7) is 5.51. The smallest absolute Gasteiger partial charge is 0.0530 e. The maximum atomic E-state index is 9.54. The summed E-state index contributed by atoms with van der Waals surface area (Å²) in [5.41, 5.74) is 6.83. The molecule has 0 heterocycles. The molecule has 0 saturated heterocycles. The highest BCUT2D eigenvalue weighted by Crippen LogP contribution is 2.18. The molecule has 17 heavy (non-hydrogen) atoms.